The molecule has 0 bridgehead atoms. The van der Waals surface area contributed by atoms with E-state index in [1.54, 1.807) is 5.32 Å². The molecule has 116 valence electrons. The molecular formula is C11H16F4N2O3. The molecule has 1 rings (SSSR count). The Morgan fingerprint density at radius 1 is 1.20 bits per heavy atom. The molecule has 0 aromatic heterocycles. The number of hydrogen-bond donors (Lipinski definition) is 3. The third-order valence-electron chi connectivity index (χ3n) is 3.41. The van der Waals surface area contributed by atoms with Crippen molar-refractivity contribution in [1.29, 1.82) is 0 Å². The zero-order chi connectivity index (χ0) is 15.4. The van der Waals surface area contributed by atoms with Gasteiger partial charge < -0.3 is 15.7 Å². The third kappa shape index (κ3) is 3.97. The largest absolute Gasteiger partial charge is 0.481 e. The average Bonchev–Trinajstić information content (AvgIpc) is 2.84. The van der Waals surface area contributed by atoms with Crippen LogP contribution in [0, 0.1) is 5.41 Å². The molecule has 2 amide bonds. The van der Waals surface area contributed by atoms with E-state index < -0.39 is 36.3 Å². The lowest BCUT2D eigenvalue weighted by atomic mass is 9.86. The molecule has 0 aromatic rings. The molecule has 5 nitrogen and oxygen atoms in total. The fourth-order valence-electron chi connectivity index (χ4n) is 2.11. The standard InChI is InChI=1S/C11H16F4N2O3/c12-7(13)11(14,15)6-17-9(20)16-5-10(8(18)19)3-1-2-4-10/h7H,1-6H2,(H,18,19)(H2,16,17,20). The van der Waals surface area contributed by atoms with Gasteiger partial charge in [-0.3, -0.25) is 4.79 Å². The van der Waals surface area contributed by atoms with E-state index in [1.807, 2.05) is 0 Å². The second-order valence-electron chi connectivity index (χ2n) is 4.89. The van der Waals surface area contributed by atoms with Crippen molar-refractivity contribution in [2.24, 2.45) is 5.41 Å². The first kappa shape index (κ1) is 16.5. The number of hydrogen-bond acceptors (Lipinski definition) is 2. The van der Waals surface area contributed by atoms with Gasteiger partial charge in [-0.05, 0) is 12.8 Å². The molecular weight excluding hydrogens is 284 g/mol. The number of carboxylic acids is 1. The van der Waals surface area contributed by atoms with Gasteiger partial charge in [-0.25, -0.2) is 13.6 Å². The minimum absolute atomic E-state index is 0.214. The molecule has 0 radical (unpaired) electrons. The number of carbonyl (C=O) groups excluding carboxylic acids is 1. The molecule has 1 aliphatic rings. The van der Waals surface area contributed by atoms with Gasteiger partial charge in [0.05, 0.1) is 12.0 Å². The first-order valence-corrected chi connectivity index (χ1v) is 6.11. The predicted molar refractivity (Wildman–Crippen MR) is 60.9 cm³/mol. The van der Waals surface area contributed by atoms with Crippen LogP contribution in [-0.2, 0) is 4.79 Å². The van der Waals surface area contributed by atoms with E-state index in [9.17, 15) is 27.2 Å². The molecule has 0 aromatic carbocycles. The predicted octanol–water partition coefficient (Wildman–Crippen LogP) is 1.83. The normalized spacial score (nSPS) is 18.1. The van der Waals surface area contributed by atoms with E-state index in [0.717, 1.165) is 0 Å². The van der Waals surface area contributed by atoms with Crippen molar-refractivity contribution in [3.05, 3.63) is 0 Å². The molecule has 0 aliphatic heterocycles. The summed E-state index contributed by atoms with van der Waals surface area (Å²) in [5.41, 5.74) is -1.09. The molecule has 0 atom stereocenters. The van der Waals surface area contributed by atoms with Crippen LogP contribution >= 0.6 is 0 Å². The number of halogens is 4. The van der Waals surface area contributed by atoms with E-state index in [4.69, 9.17) is 5.11 Å². The smallest absolute Gasteiger partial charge is 0.324 e. The average molecular weight is 300 g/mol. The van der Waals surface area contributed by atoms with Crippen molar-refractivity contribution in [2.45, 2.75) is 38.0 Å². The van der Waals surface area contributed by atoms with Gasteiger partial charge in [-0.1, -0.05) is 12.8 Å². The Kier molecular flexibility index (Phi) is 5.18. The Bertz CT molecular complexity index is 371. The fourth-order valence-corrected chi connectivity index (χ4v) is 2.11. The molecule has 9 heteroatoms. The summed E-state index contributed by atoms with van der Waals surface area (Å²) in [7, 11) is 0. The summed E-state index contributed by atoms with van der Waals surface area (Å²) >= 11 is 0. The quantitative estimate of drug-likeness (QED) is 0.655. The number of carbonyl (C=O) groups is 2. The van der Waals surface area contributed by atoms with Gasteiger partial charge in [0, 0.05) is 6.54 Å². The van der Waals surface area contributed by atoms with Crippen molar-refractivity contribution in [3.63, 3.8) is 0 Å². The number of carboxylic acid groups (broad SMARTS) is 1. The maximum absolute atomic E-state index is 12.6. The van der Waals surface area contributed by atoms with Crippen LogP contribution in [0.25, 0.3) is 0 Å². The lowest BCUT2D eigenvalue weighted by molar-refractivity contribution is -0.148. The molecule has 1 saturated carbocycles. The summed E-state index contributed by atoms with van der Waals surface area (Å²) in [4.78, 5) is 22.4. The van der Waals surface area contributed by atoms with E-state index in [0.29, 0.717) is 25.7 Å². The summed E-state index contributed by atoms with van der Waals surface area (Å²) in [5.74, 6) is -5.37. The minimum atomic E-state index is -4.31. The van der Waals surface area contributed by atoms with Crippen molar-refractivity contribution in [3.8, 4) is 0 Å². The monoisotopic (exact) mass is 300 g/mol. The number of amides is 2. The highest BCUT2D eigenvalue weighted by atomic mass is 19.3. The summed E-state index contributed by atoms with van der Waals surface area (Å²) in [5, 5.41) is 12.9. The maximum atomic E-state index is 12.6. The number of rotatable bonds is 6. The third-order valence-corrected chi connectivity index (χ3v) is 3.41. The highest BCUT2D eigenvalue weighted by Gasteiger charge is 2.42. The molecule has 0 saturated heterocycles. The molecule has 0 spiro atoms. The van der Waals surface area contributed by atoms with Crippen molar-refractivity contribution < 1.29 is 32.3 Å². The van der Waals surface area contributed by atoms with Gasteiger partial charge >= 0.3 is 24.3 Å². The van der Waals surface area contributed by atoms with Crippen molar-refractivity contribution >= 4 is 12.0 Å². The van der Waals surface area contributed by atoms with Gasteiger partial charge in [0.25, 0.3) is 0 Å². The van der Waals surface area contributed by atoms with Gasteiger partial charge in [-0.15, -0.1) is 0 Å². The van der Waals surface area contributed by atoms with Crippen LogP contribution in [0.1, 0.15) is 25.7 Å². The Labute approximate surface area is 112 Å². The molecule has 3 N–H and O–H groups in total. The van der Waals surface area contributed by atoms with Crippen molar-refractivity contribution in [1.82, 2.24) is 10.6 Å². The molecule has 1 fully saturated rings. The van der Waals surface area contributed by atoms with Crippen LogP contribution in [0.3, 0.4) is 0 Å². The Morgan fingerprint density at radius 2 is 1.75 bits per heavy atom. The number of aliphatic carboxylic acids is 1. The molecule has 0 heterocycles. The molecule has 20 heavy (non-hydrogen) atoms. The number of alkyl halides is 4. The summed E-state index contributed by atoms with van der Waals surface area (Å²) in [6.45, 7) is -1.72. The summed E-state index contributed by atoms with van der Waals surface area (Å²) in [6, 6.07) is -1.09. The Hall–Kier alpha value is -1.54. The number of urea groups is 1. The zero-order valence-electron chi connectivity index (χ0n) is 10.6. The SMILES string of the molecule is O=C(NCC1(C(=O)O)CCCC1)NCC(F)(F)C(F)F. The van der Waals surface area contributed by atoms with Crippen LogP contribution in [0.5, 0.6) is 0 Å². The van der Waals surface area contributed by atoms with Crippen LogP contribution in [0.15, 0.2) is 0 Å². The van der Waals surface area contributed by atoms with Gasteiger partial charge in [0.1, 0.15) is 0 Å². The zero-order valence-corrected chi connectivity index (χ0v) is 10.6. The van der Waals surface area contributed by atoms with Gasteiger partial charge in [-0.2, -0.15) is 8.78 Å². The van der Waals surface area contributed by atoms with E-state index >= 15 is 0 Å². The Balaban J connectivity index is 2.42. The van der Waals surface area contributed by atoms with Crippen LogP contribution < -0.4 is 10.6 Å². The van der Waals surface area contributed by atoms with Crippen LogP contribution in [0.2, 0.25) is 0 Å². The first-order valence-electron chi connectivity index (χ1n) is 6.11. The van der Waals surface area contributed by atoms with E-state index in [1.165, 1.54) is 0 Å². The van der Waals surface area contributed by atoms with Crippen molar-refractivity contribution in [2.75, 3.05) is 13.1 Å². The first-order chi connectivity index (χ1) is 9.19. The van der Waals surface area contributed by atoms with E-state index in [2.05, 4.69) is 5.32 Å². The maximum Gasteiger partial charge on any atom is 0.324 e. The van der Waals surface area contributed by atoms with Crippen LogP contribution in [-0.4, -0.2) is 42.5 Å². The summed E-state index contributed by atoms with van der Waals surface area (Å²) < 4.78 is 48.9. The molecule has 0 unspecified atom stereocenters. The van der Waals surface area contributed by atoms with Crippen LogP contribution in [0.4, 0.5) is 22.4 Å². The lowest BCUT2D eigenvalue weighted by Gasteiger charge is -2.24. The topological polar surface area (TPSA) is 78.4 Å². The van der Waals surface area contributed by atoms with E-state index in [-0.39, 0.29) is 6.54 Å². The second-order valence-corrected chi connectivity index (χ2v) is 4.89. The summed E-state index contributed by atoms with van der Waals surface area (Å²) in [6.07, 6.45) is -1.69. The lowest BCUT2D eigenvalue weighted by Crippen LogP contribution is -2.48. The highest BCUT2D eigenvalue weighted by molar-refractivity contribution is 5.78. The van der Waals surface area contributed by atoms with Gasteiger partial charge in [0.15, 0.2) is 0 Å². The molecule has 1 aliphatic carbocycles. The Morgan fingerprint density at radius 3 is 2.20 bits per heavy atom. The second kappa shape index (κ2) is 6.27. The highest BCUT2D eigenvalue weighted by Crippen LogP contribution is 2.37. The minimum Gasteiger partial charge on any atom is -0.481 e. The fraction of sp³-hybridized carbons (Fsp3) is 0.818. The number of nitrogens with one attached hydrogen (secondary N) is 2. The van der Waals surface area contributed by atoms with Gasteiger partial charge in [0.2, 0.25) is 0 Å².